The molecule has 0 spiro atoms. The number of benzene rings is 1. The third kappa shape index (κ3) is 5.46. The number of likely N-dealkylation sites (tertiary alicyclic amines) is 1. The van der Waals surface area contributed by atoms with Crippen LogP contribution in [0.3, 0.4) is 0 Å². The summed E-state index contributed by atoms with van der Waals surface area (Å²) in [7, 11) is 0. The molecule has 6 nitrogen and oxygen atoms in total. The van der Waals surface area contributed by atoms with E-state index in [1.54, 1.807) is 24.5 Å². The molecule has 2 aromatic heterocycles. The quantitative estimate of drug-likeness (QED) is 0.580. The summed E-state index contributed by atoms with van der Waals surface area (Å²) < 4.78 is 13.7. The number of carbonyl (C=O) groups excluding carboxylic acids is 1. The molecule has 1 saturated heterocycles. The smallest absolute Gasteiger partial charge is 0.222 e. The number of pyridine rings is 1. The summed E-state index contributed by atoms with van der Waals surface area (Å²) in [6.45, 7) is 5.51. The normalized spacial score (nSPS) is 16.2. The molecule has 32 heavy (non-hydrogen) atoms. The second-order valence-corrected chi connectivity index (χ2v) is 8.65. The molecule has 1 aliphatic heterocycles. The number of nitrogens with zero attached hydrogens (tertiary/aromatic N) is 4. The summed E-state index contributed by atoms with van der Waals surface area (Å²) in [5, 5.41) is 3.20. The predicted molar refractivity (Wildman–Crippen MR) is 123 cm³/mol. The molecule has 0 aliphatic carbocycles. The van der Waals surface area contributed by atoms with Crippen molar-refractivity contribution < 1.29 is 9.18 Å². The predicted octanol–water partition coefficient (Wildman–Crippen LogP) is 5.17. The van der Waals surface area contributed by atoms with Crippen LogP contribution in [0.5, 0.6) is 0 Å². The number of hydrogen-bond donors (Lipinski definition) is 1. The molecule has 3 aromatic rings. The molecule has 1 amide bonds. The average Bonchev–Trinajstić information content (AvgIpc) is 2.79. The summed E-state index contributed by atoms with van der Waals surface area (Å²) in [5.41, 5.74) is 2.23. The highest BCUT2D eigenvalue weighted by Gasteiger charge is 2.27. The van der Waals surface area contributed by atoms with Gasteiger partial charge in [0.15, 0.2) is 0 Å². The Labute approximate surface area is 187 Å². The Hall–Kier alpha value is -3.35. The molecule has 1 aliphatic rings. The first-order chi connectivity index (χ1) is 15.5. The van der Waals surface area contributed by atoms with Gasteiger partial charge in [-0.2, -0.15) is 0 Å². The van der Waals surface area contributed by atoms with Crippen LogP contribution < -0.4 is 5.32 Å². The first kappa shape index (κ1) is 21.9. The van der Waals surface area contributed by atoms with Gasteiger partial charge in [0.25, 0.3) is 0 Å². The molecule has 1 N–H and O–H groups in total. The Morgan fingerprint density at radius 1 is 1.22 bits per heavy atom. The van der Waals surface area contributed by atoms with Gasteiger partial charge in [-0.1, -0.05) is 19.9 Å². The Balaban J connectivity index is 1.65. The second-order valence-electron chi connectivity index (χ2n) is 8.65. The van der Waals surface area contributed by atoms with E-state index in [4.69, 9.17) is 9.97 Å². The van der Waals surface area contributed by atoms with E-state index in [1.807, 2.05) is 23.1 Å². The number of carbonyl (C=O) groups is 1. The fourth-order valence-electron chi connectivity index (χ4n) is 3.98. The lowest BCUT2D eigenvalue weighted by Crippen LogP contribution is -2.40. The number of piperidine rings is 1. The summed E-state index contributed by atoms with van der Waals surface area (Å²) in [5.74, 6) is 1.52. The maximum Gasteiger partial charge on any atom is 0.222 e. The van der Waals surface area contributed by atoms with Crippen LogP contribution in [-0.4, -0.2) is 38.8 Å². The van der Waals surface area contributed by atoms with E-state index >= 15 is 0 Å². The van der Waals surface area contributed by atoms with Gasteiger partial charge in [-0.25, -0.2) is 14.4 Å². The van der Waals surface area contributed by atoms with Crippen LogP contribution in [-0.2, 0) is 4.79 Å². The highest BCUT2D eigenvalue weighted by molar-refractivity contribution is 5.76. The number of amides is 1. The van der Waals surface area contributed by atoms with Gasteiger partial charge in [0, 0.05) is 55.1 Å². The van der Waals surface area contributed by atoms with Crippen molar-refractivity contribution >= 4 is 17.4 Å². The maximum absolute atomic E-state index is 13.7. The molecule has 1 atom stereocenters. The first-order valence-corrected chi connectivity index (χ1v) is 11.1. The molecule has 3 heterocycles. The van der Waals surface area contributed by atoms with Crippen LogP contribution in [0.15, 0.2) is 54.9 Å². The second kappa shape index (κ2) is 9.85. The monoisotopic (exact) mass is 433 g/mol. The van der Waals surface area contributed by atoms with Gasteiger partial charge in [-0.15, -0.1) is 0 Å². The lowest BCUT2D eigenvalue weighted by Gasteiger charge is -2.32. The molecule has 1 fully saturated rings. The van der Waals surface area contributed by atoms with E-state index in [0.717, 1.165) is 30.6 Å². The molecule has 4 rings (SSSR count). The van der Waals surface area contributed by atoms with Gasteiger partial charge in [0.1, 0.15) is 17.5 Å². The van der Waals surface area contributed by atoms with Crippen LogP contribution in [0.25, 0.3) is 11.3 Å². The van der Waals surface area contributed by atoms with Crippen molar-refractivity contribution in [1.82, 2.24) is 19.9 Å². The minimum absolute atomic E-state index is 0.0459. The van der Waals surface area contributed by atoms with Crippen molar-refractivity contribution in [3.63, 3.8) is 0 Å². The van der Waals surface area contributed by atoms with E-state index in [9.17, 15) is 9.18 Å². The van der Waals surface area contributed by atoms with E-state index in [1.165, 1.54) is 12.1 Å². The van der Waals surface area contributed by atoms with Gasteiger partial charge in [0.05, 0.1) is 5.69 Å². The Morgan fingerprint density at radius 2 is 2.09 bits per heavy atom. The van der Waals surface area contributed by atoms with Crippen molar-refractivity contribution in [1.29, 1.82) is 0 Å². The number of anilines is 2. The zero-order valence-corrected chi connectivity index (χ0v) is 18.5. The molecular weight excluding hydrogens is 405 g/mol. The highest BCUT2D eigenvalue weighted by Crippen LogP contribution is 2.29. The molecule has 0 radical (unpaired) electrons. The van der Waals surface area contributed by atoms with Crippen LogP contribution in [0.2, 0.25) is 0 Å². The van der Waals surface area contributed by atoms with Crippen molar-refractivity contribution in [3.8, 4) is 11.3 Å². The summed E-state index contributed by atoms with van der Waals surface area (Å²) in [4.78, 5) is 28.4. The number of hydrogen-bond acceptors (Lipinski definition) is 5. The van der Waals surface area contributed by atoms with Crippen molar-refractivity contribution in [2.24, 2.45) is 5.92 Å². The lowest BCUT2D eigenvalue weighted by atomic mass is 9.96. The minimum atomic E-state index is -0.316. The summed E-state index contributed by atoms with van der Waals surface area (Å²) in [6.07, 6.45) is 5.87. The number of aromatic nitrogens is 3. The molecular formula is C25H28FN5O. The van der Waals surface area contributed by atoms with Gasteiger partial charge in [0.2, 0.25) is 5.91 Å². The third-order valence-corrected chi connectivity index (χ3v) is 5.52. The van der Waals surface area contributed by atoms with Crippen LogP contribution in [0.1, 0.15) is 44.9 Å². The summed E-state index contributed by atoms with van der Waals surface area (Å²) in [6, 6.07) is 11.9. The van der Waals surface area contributed by atoms with Gasteiger partial charge < -0.3 is 10.2 Å². The molecule has 166 valence electrons. The molecule has 0 saturated carbocycles. The van der Waals surface area contributed by atoms with Gasteiger partial charge >= 0.3 is 0 Å². The molecule has 7 heteroatoms. The lowest BCUT2D eigenvalue weighted by molar-refractivity contribution is -0.133. The van der Waals surface area contributed by atoms with Crippen molar-refractivity contribution in [2.75, 3.05) is 18.4 Å². The van der Waals surface area contributed by atoms with Crippen LogP contribution >= 0.6 is 0 Å². The first-order valence-electron chi connectivity index (χ1n) is 11.1. The van der Waals surface area contributed by atoms with Crippen LogP contribution in [0, 0.1) is 11.7 Å². The molecule has 1 aromatic carbocycles. The molecule has 0 unspecified atom stereocenters. The highest BCUT2D eigenvalue weighted by atomic mass is 19.1. The van der Waals surface area contributed by atoms with E-state index in [2.05, 4.69) is 24.1 Å². The number of nitrogens with one attached hydrogen (secondary N) is 1. The van der Waals surface area contributed by atoms with E-state index in [0.29, 0.717) is 36.2 Å². The number of rotatable bonds is 6. The zero-order valence-electron chi connectivity index (χ0n) is 18.5. The fraction of sp³-hybridized carbons (Fsp3) is 0.360. The topological polar surface area (TPSA) is 71.0 Å². The van der Waals surface area contributed by atoms with Crippen LogP contribution in [0.4, 0.5) is 15.9 Å². The fourth-order valence-corrected chi connectivity index (χ4v) is 3.98. The maximum atomic E-state index is 13.7. The minimum Gasteiger partial charge on any atom is -0.342 e. The van der Waals surface area contributed by atoms with E-state index in [-0.39, 0.29) is 17.6 Å². The molecule has 0 bridgehead atoms. The Morgan fingerprint density at radius 3 is 2.84 bits per heavy atom. The standard InChI is InChI=1S/C25H28FN5O/c1-17(2)12-24(32)31-11-5-7-19(16-31)25-29-22(18-6-4-10-27-15-18)14-23(30-25)28-21-9-3-8-20(26)13-21/h3-4,6,8-10,13-15,17,19H,5,7,11-12,16H2,1-2H3,(H,28,29,30)/t19-/m0/s1. The Bertz CT molecular complexity index is 1070. The summed E-state index contributed by atoms with van der Waals surface area (Å²) >= 11 is 0. The SMILES string of the molecule is CC(C)CC(=O)N1CCC[C@H](c2nc(Nc3cccc(F)c3)cc(-c3cccnc3)n2)C1. The van der Waals surface area contributed by atoms with E-state index < -0.39 is 0 Å². The van der Waals surface area contributed by atoms with Crippen molar-refractivity contribution in [2.45, 2.75) is 39.0 Å². The average molecular weight is 434 g/mol. The largest absolute Gasteiger partial charge is 0.342 e. The zero-order chi connectivity index (χ0) is 22.5. The van der Waals surface area contributed by atoms with Crippen molar-refractivity contribution in [3.05, 3.63) is 66.5 Å². The third-order valence-electron chi connectivity index (χ3n) is 5.52. The van der Waals surface area contributed by atoms with Gasteiger partial charge in [-0.3, -0.25) is 9.78 Å². The Kier molecular flexibility index (Phi) is 6.73. The van der Waals surface area contributed by atoms with Gasteiger partial charge in [-0.05, 0) is 49.1 Å². The number of halogens is 1.